The van der Waals surface area contributed by atoms with Gasteiger partial charge in [0, 0.05) is 12.0 Å². The first-order valence-electron chi connectivity index (χ1n) is 6.28. The van der Waals surface area contributed by atoms with Crippen LogP contribution in [-0.4, -0.2) is 6.61 Å². The third kappa shape index (κ3) is 2.19. The number of anilines is 1. The molecule has 1 aliphatic rings. The molecule has 2 aromatic carbocycles. The fourth-order valence-electron chi connectivity index (χ4n) is 2.32. The van der Waals surface area contributed by atoms with Gasteiger partial charge in [0.15, 0.2) is 17.5 Å². The van der Waals surface area contributed by atoms with Crippen LogP contribution in [0.15, 0.2) is 36.4 Å². The summed E-state index contributed by atoms with van der Waals surface area (Å²) in [4.78, 5) is 0. The monoisotopic (exact) mass is 279 g/mol. The number of benzene rings is 2. The van der Waals surface area contributed by atoms with Crippen molar-refractivity contribution >= 4 is 5.69 Å². The van der Waals surface area contributed by atoms with Crippen molar-refractivity contribution in [3.63, 3.8) is 0 Å². The minimum atomic E-state index is -1.46. The molecule has 1 unspecified atom stereocenters. The Labute approximate surface area is 114 Å². The number of para-hydroxylation sites is 1. The molecule has 104 valence electrons. The highest BCUT2D eigenvalue weighted by Crippen LogP contribution is 2.34. The zero-order valence-electron chi connectivity index (χ0n) is 10.5. The van der Waals surface area contributed by atoms with Crippen molar-refractivity contribution < 1.29 is 17.9 Å². The van der Waals surface area contributed by atoms with Gasteiger partial charge in [-0.15, -0.1) is 0 Å². The van der Waals surface area contributed by atoms with Crippen LogP contribution in [0.3, 0.4) is 0 Å². The number of ether oxygens (including phenoxy) is 1. The highest BCUT2D eigenvalue weighted by molar-refractivity contribution is 5.50. The Morgan fingerprint density at radius 3 is 2.65 bits per heavy atom. The molecule has 0 fully saturated rings. The summed E-state index contributed by atoms with van der Waals surface area (Å²) in [5.41, 5.74) is 0.827. The van der Waals surface area contributed by atoms with Crippen molar-refractivity contribution in [1.29, 1.82) is 0 Å². The average Bonchev–Trinajstić information content (AvgIpc) is 2.48. The Bertz CT molecular complexity index is 645. The van der Waals surface area contributed by atoms with Crippen LogP contribution >= 0.6 is 0 Å². The molecule has 1 aliphatic heterocycles. The summed E-state index contributed by atoms with van der Waals surface area (Å²) in [6.45, 7) is 0.486. The maximum atomic E-state index is 13.7. The van der Waals surface area contributed by atoms with Gasteiger partial charge in [-0.2, -0.15) is 0 Å². The van der Waals surface area contributed by atoms with Gasteiger partial charge >= 0.3 is 0 Å². The molecule has 2 aromatic rings. The zero-order chi connectivity index (χ0) is 14.1. The van der Waals surface area contributed by atoms with E-state index in [9.17, 15) is 13.2 Å². The lowest BCUT2D eigenvalue weighted by atomic mass is 10.0. The summed E-state index contributed by atoms with van der Waals surface area (Å²) in [6.07, 6.45) is 0.620. The second-order valence-corrected chi connectivity index (χ2v) is 4.59. The van der Waals surface area contributed by atoms with E-state index in [1.54, 1.807) is 0 Å². The number of nitrogens with one attached hydrogen (secondary N) is 1. The molecule has 0 saturated heterocycles. The van der Waals surface area contributed by atoms with Crippen molar-refractivity contribution in [2.45, 2.75) is 12.5 Å². The second-order valence-electron chi connectivity index (χ2n) is 4.59. The number of fused-ring (bicyclic) bond motifs is 1. The molecular formula is C15H12F3NO. The first-order chi connectivity index (χ1) is 9.66. The van der Waals surface area contributed by atoms with E-state index in [4.69, 9.17) is 4.74 Å². The number of rotatable bonds is 2. The van der Waals surface area contributed by atoms with Crippen molar-refractivity contribution in [2.75, 3.05) is 11.9 Å². The van der Waals surface area contributed by atoms with Crippen LogP contribution in [0.2, 0.25) is 0 Å². The standard InChI is InChI=1S/C15H12F3NO/c16-10-5-6-12(15(18)14(10)17)19-11-7-8-20-13-4-2-1-3-9(11)13/h1-6,11,19H,7-8H2. The Morgan fingerprint density at radius 1 is 1.00 bits per heavy atom. The van der Waals surface area contributed by atoms with E-state index < -0.39 is 17.5 Å². The van der Waals surface area contributed by atoms with E-state index in [1.807, 2.05) is 24.3 Å². The van der Waals surface area contributed by atoms with Crippen LogP contribution in [0.4, 0.5) is 18.9 Å². The van der Waals surface area contributed by atoms with E-state index in [-0.39, 0.29) is 11.7 Å². The third-order valence-corrected chi connectivity index (χ3v) is 3.32. The molecule has 1 atom stereocenters. The fourth-order valence-corrected chi connectivity index (χ4v) is 2.32. The van der Waals surface area contributed by atoms with Gasteiger partial charge in [-0.25, -0.2) is 13.2 Å². The lowest BCUT2D eigenvalue weighted by molar-refractivity contribution is 0.274. The molecule has 0 spiro atoms. The van der Waals surface area contributed by atoms with Gasteiger partial charge in [0.2, 0.25) is 0 Å². The molecule has 20 heavy (non-hydrogen) atoms. The minimum Gasteiger partial charge on any atom is -0.493 e. The average molecular weight is 279 g/mol. The second kappa shape index (κ2) is 5.07. The first-order valence-corrected chi connectivity index (χ1v) is 6.28. The Kier molecular flexibility index (Phi) is 3.26. The molecule has 0 bridgehead atoms. The fraction of sp³-hybridized carbons (Fsp3) is 0.200. The maximum Gasteiger partial charge on any atom is 0.196 e. The smallest absolute Gasteiger partial charge is 0.196 e. The van der Waals surface area contributed by atoms with Gasteiger partial charge in [-0.05, 0) is 18.2 Å². The van der Waals surface area contributed by atoms with E-state index in [1.165, 1.54) is 6.07 Å². The molecule has 0 radical (unpaired) electrons. The van der Waals surface area contributed by atoms with Crippen LogP contribution in [0.1, 0.15) is 18.0 Å². The molecule has 0 aliphatic carbocycles. The van der Waals surface area contributed by atoms with E-state index in [0.29, 0.717) is 13.0 Å². The molecule has 2 nitrogen and oxygen atoms in total. The van der Waals surface area contributed by atoms with Crippen molar-refractivity contribution in [3.8, 4) is 5.75 Å². The molecule has 5 heteroatoms. The van der Waals surface area contributed by atoms with Crippen LogP contribution in [0.5, 0.6) is 5.75 Å². The molecule has 0 saturated carbocycles. The predicted molar refractivity (Wildman–Crippen MR) is 69.2 cm³/mol. The summed E-state index contributed by atoms with van der Waals surface area (Å²) in [6, 6.07) is 9.30. The summed E-state index contributed by atoms with van der Waals surface area (Å²) in [5, 5.41) is 2.91. The predicted octanol–water partition coefficient (Wildman–Crippen LogP) is 4.04. The summed E-state index contributed by atoms with van der Waals surface area (Å²) >= 11 is 0. The highest BCUT2D eigenvalue weighted by Gasteiger charge is 2.23. The van der Waals surface area contributed by atoms with Gasteiger partial charge in [-0.1, -0.05) is 18.2 Å². The zero-order valence-corrected chi connectivity index (χ0v) is 10.5. The molecule has 3 rings (SSSR count). The summed E-state index contributed by atoms with van der Waals surface area (Å²) < 4.78 is 45.3. The van der Waals surface area contributed by atoms with E-state index in [0.717, 1.165) is 17.4 Å². The number of halogens is 3. The van der Waals surface area contributed by atoms with E-state index in [2.05, 4.69) is 5.32 Å². The van der Waals surface area contributed by atoms with Gasteiger partial charge in [-0.3, -0.25) is 0 Å². The van der Waals surface area contributed by atoms with Gasteiger partial charge in [0.1, 0.15) is 5.75 Å². The van der Waals surface area contributed by atoms with Gasteiger partial charge in [0.25, 0.3) is 0 Å². The quantitative estimate of drug-likeness (QED) is 0.838. The van der Waals surface area contributed by atoms with Crippen LogP contribution in [0.25, 0.3) is 0 Å². The molecule has 0 amide bonds. The molecule has 1 N–H and O–H groups in total. The van der Waals surface area contributed by atoms with Crippen molar-refractivity contribution in [1.82, 2.24) is 0 Å². The van der Waals surface area contributed by atoms with Crippen molar-refractivity contribution in [3.05, 3.63) is 59.4 Å². The first kappa shape index (κ1) is 12.8. The SMILES string of the molecule is Fc1ccc(NC2CCOc3ccccc32)c(F)c1F. The van der Waals surface area contributed by atoms with Gasteiger partial charge < -0.3 is 10.1 Å². The summed E-state index contributed by atoms with van der Waals surface area (Å²) in [5.74, 6) is -3.14. The normalized spacial score (nSPS) is 17.2. The van der Waals surface area contributed by atoms with Gasteiger partial charge in [0.05, 0.1) is 18.3 Å². The van der Waals surface area contributed by atoms with E-state index >= 15 is 0 Å². The van der Waals surface area contributed by atoms with Crippen molar-refractivity contribution in [2.24, 2.45) is 0 Å². The third-order valence-electron chi connectivity index (χ3n) is 3.32. The maximum absolute atomic E-state index is 13.7. The lowest BCUT2D eigenvalue weighted by Crippen LogP contribution is -2.21. The lowest BCUT2D eigenvalue weighted by Gasteiger charge is -2.27. The molecule has 1 heterocycles. The van der Waals surface area contributed by atoms with Crippen LogP contribution in [-0.2, 0) is 0 Å². The van der Waals surface area contributed by atoms with Crippen LogP contribution in [0, 0.1) is 17.5 Å². The number of hydrogen-bond acceptors (Lipinski definition) is 2. The number of hydrogen-bond donors (Lipinski definition) is 1. The highest BCUT2D eigenvalue weighted by atomic mass is 19.2. The summed E-state index contributed by atoms with van der Waals surface area (Å²) in [7, 11) is 0. The Balaban J connectivity index is 1.92. The van der Waals surface area contributed by atoms with Crippen LogP contribution < -0.4 is 10.1 Å². The largest absolute Gasteiger partial charge is 0.493 e. The Hall–Kier alpha value is -2.17. The molecular weight excluding hydrogens is 267 g/mol. The Morgan fingerprint density at radius 2 is 1.80 bits per heavy atom. The minimum absolute atomic E-state index is 0.0504. The topological polar surface area (TPSA) is 21.3 Å². The molecule has 0 aromatic heterocycles.